The summed E-state index contributed by atoms with van der Waals surface area (Å²) >= 11 is 3.56. The van der Waals surface area contributed by atoms with Crippen molar-refractivity contribution >= 4 is 21.8 Å². The van der Waals surface area contributed by atoms with Crippen molar-refractivity contribution < 1.29 is 4.79 Å². The summed E-state index contributed by atoms with van der Waals surface area (Å²) in [4.78, 5) is 15.7. The molecule has 1 amide bonds. The summed E-state index contributed by atoms with van der Waals surface area (Å²) in [5.74, 6) is 0.210. The second kappa shape index (κ2) is 6.01. The van der Waals surface area contributed by atoms with Gasteiger partial charge in [0.05, 0.1) is 0 Å². The molecule has 1 aliphatic heterocycles. The second-order valence-electron chi connectivity index (χ2n) is 5.43. The van der Waals surface area contributed by atoms with Gasteiger partial charge in [0.2, 0.25) is 5.91 Å². The molecule has 0 aliphatic carbocycles. The van der Waals surface area contributed by atoms with Crippen molar-refractivity contribution in [2.24, 2.45) is 5.41 Å². The first kappa shape index (κ1) is 14.0. The van der Waals surface area contributed by atoms with Gasteiger partial charge in [-0.2, -0.15) is 0 Å². The van der Waals surface area contributed by atoms with Gasteiger partial charge in [0, 0.05) is 38.4 Å². The zero-order valence-corrected chi connectivity index (χ0v) is 12.2. The quantitative estimate of drug-likeness (QED) is 0.742. The van der Waals surface area contributed by atoms with Gasteiger partial charge in [-0.25, -0.2) is 0 Å². The molecule has 16 heavy (non-hydrogen) atoms. The number of rotatable bonds is 3. The lowest BCUT2D eigenvalue weighted by Crippen LogP contribution is -2.38. The van der Waals surface area contributed by atoms with Crippen molar-refractivity contribution in [2.45, 2.75) is 27.2 Å². The summed E-state index contributed by atoms with van der Waals surface area (Å²) in [6.45, 7) is 11.2. The molecule has 0 N–H and O–H groups in total. The lowest BCUT2D eigenvalue weighted by atomic mass is 9.96. The van der Waals surface area contributed by atoms with Gasteiger partial charge >= 0.3 is 0 Å². The Morgan fingerprint density at radius 3 is 2.50 bits per heavy atom. The highest BCUT2D eigenvalue weighted by atomic mass is 79.9. The number of hydrogen-bond donors (Lipinski definition) is 0. The molecule has 4 heteroatoms. The molecule has 0 saturated carbocycles. The van der Waals surface area contributed by atoms with Crippen molar-refractivity contribution in [1.82, 2.24) is 9.80 Å². The fraction of sp³-hybridized carbons (Fsp3) is 0.917. The SMILES string of the molecule is CC(=O)N1CCCN(CC(C)(C)CBr)CC1. The molecule has 0 unspecified atom stereocenters. The number of carbonyl (C=O) groups excluding carboxylic acids is 1. The summed E-state index contributed by atoms with van der Waals surface area (Å²) < 4.78 is 0. The van der Waals surface area contributed by atoms with E-state index in [4.69, 9.17) is 0 Å². The lowest BCUT2D eigenvalue weighted by molar-refractivity contribution is -0.128. The van der Waals surface area contributed by atoms with Gasteiger partial charge in [-0.1, -0.05) is 29.8 Å². The Hall–Kier alpha value is -0.0900. The third-order valence-electron chi connectivity index (χ3n) is 3.05. The highest BCUT2D eigenvalue weighted by Gasteiger charge is 2.23. The van der Waals surface area contributed by atoms with E-state index in [1.54, 1.807) is 6.92 Å². The number of carbonyl (C=O) groups is 1. The smallest absolute Gasteiger partial charge is 0.219 e. The van der Waals surface area contributed by atoms with Crippen LogP contribution in [0.25, 0.3) is 0 Å². The van der Waals surface area contributed by atoms with Crippen LogP contribution in [0, 0.1) is 5.41 Å². The Kier molecular flexibility index (Phi) is 5.25. The minimum absolute atomic E-state index is 0.210. The average molecular weight is 291 g/mol. The Morgan fingerprint density at radius 2 is 1.94 bits per heavy atom. The lowest BCUT2D eigenvalue weighted by Gasteiger charge is -2.30. The fourth-order valence-electron chi connectivity index (χ4n) is 2.09. The number of alkyl halides is 1. The van der Waals surface area contributed by atoms with Gasteiger partial charge in [0.1, 0.15) is 0 Å². The van der Waals surface area contributed by atoms with Crippen LogP contribution in [-0.4, -0.2) is 53.8 Å². The third-order valence-corrected chi connectivity index (χ3v) is 4.57. The van der Waals surface area contributed by atoms with E-state index >= 15 is 0 Å². The molecule has 1 fully saturated rings. The molecular weight excluding hydrogens is 268 g/mol. The van der Waals surface area contributed by atoms with E-state index in [-0.39, 0.29) is 5.91 Å². The number of hydrogen-bond acceptors (Lipinski definition) is 2. The number of halogens is 1. The molecule has 0 spiro atoms. The molecule has 0 aromatic rings. The van der Waals surface area contributed by atoms with E-state index in [1.807, 2.05) is 4.90 Å². The van der Waals surface area contributed by atoms with E-state index in [0.29, 0.717) is 5.41 Å². The van der Waals surface area contributed by atoms with E-state index in [0.717, 1.165) is 44.5 Å². The van der Waals surface area contributed by atoms with Gasteiger partial charge in [-0.15, -0.1) is 0 Å². The molecule has 1 heterocycles. The van der Waals surface area contributed by atoms with E-state index < -0.39 is 0 Å². The molecule has 0 aromatic heterocycles. The first-order valence-electron chi connectivity index (χ1n) is 5.98. The van der Waals surface area contributed by atoms with Crippen LogP contribution >= 0.6 is 15.9 Å². The Labute approximate surface area is 107 Å². The van der Waals surface area contributed by atoms with Crippen molar-refractivity contribution in [3.05, 3.63) is 0 Å². The van der Waals surface area contributed by atoms with Crippen LogP contribution < -0.4 is 0 Å². The van der Waals surface area contributed by atoms with E-state index in [2.05, 4.69) is 34.7 Å². The van der Waals surface area contributed by atoms with Crippen LogP contribution in [0.5, 0.6) is 0 Å². The monoisotopic (exact) mass is 290 g/mol. The summed E-state index contributed by atoms with van der Waals surface area (Å²) in [7, 11) is 0. The maximum Gasteiger partial charge on any atom is 0.219 e. The molecule has 0 radical (unpaired) electrons. The first-order chi connectivity index (χ1) is 7.44. The predicted octanol–water partition coefficient (Wildman–Crippen LogP) is 1.96. The van der Waals surface area contributed by atoms with Crippen LogP contribution in [0.4, 0.5) is 0 Å². The normalized spacial score (nSPS) is 19.6. The largest absolute Gasteiger partial charge is 0.342 e. The van der Waals surface area contributed by atoms with Crippen molar-refractivity contribution in [3.8, 4) is 0 Å². The maximum absolute atomic E-state index is 11.3. The zero-order chi connectivity index (χ0) is 12.2. The number of amides is 1. The minimum Gasteiger partial charge on any atom is -0.342 e. The molecular formula is C12H23BrN2O. The van der Waals surface area contributed by atoms with Crippen molar-refractivity contribution in [3.63, 3.8) is 0 Å². The van der Waals surface area contributed by atoms with Gasteiger partial charge in [-0.3, -0.25) is 4.79 Å². The summed E-state index contributed by atoms with van der Waals surface area (Å²) in [6, 6.07) is 0. The van der Waals surface area contributed by atoms with Crippen LogP contribution in [0.1, 0.15) is 27.2 Å². The highest BCUT2D eigenvalue weighted by Crippen LogP contribution is 2.20. The van der Waals surface area contributed by atoms with Crippen LogP contribution in [-0.2, 0) is 4.79 Å². The van der Waals surface area contributed by atoms with Gasteiger partial charge in [-0.05, 0) is 18.4 Å². The molecule has 94 valence electrons. The molecule has 0 aromatic carbocycles. The Bertz CT molecular complexity index is 243. The summed E-state index contributed by atoms with van der Waals surface area (Å²) in [6.07, 6.45) is 1.10. The van der Waals surface area contributed by atoms with Gasteiger partial charge in [0.15, 0.2) is 0 Å². The zero-order valence-electron chi connectivity index (χ0n) is 10.6. The maximum atomic E-state index is 11.3. The molecule has 1 saturated heterocycles. The van der Waals surface area contributed by atoms with Crippen LogP contribution in [0.2, 0.25) is 0 Å². The Morgan fingerprint density at radius 1 is 1.25 bits per heavy atom. The fourth-order valence-corrected chi connectivity index (χ4v) is 2.27. The standard InChI is InChI=1S/C12H23BrN2O/c1-11(16)15-6-4-5-14(7-8-15)10-12(2,3)9-13/h4-10H2,1-3H3. The van der Waals surface area contributed by atoms with Crippen molar-refractivity contribution in [1.29, 1.82) is 0 Å². The van der Waals surface area contributed by atoms with Crippen molar-refractivity contribution in [2.75, 3.05) is 38.1 Å². The highest BCUT2D eigenvalue weighted by molar-refractivity contribution is 9.09. The third kappa shape index (κ3) is 4.42. The average Bonchev–Trinajstić information content (AvgIpc) is 2.43. The van der Waals surface area contributed by atoms with Gasteiger partial charge < -0.3 is 9.80 Å². The Balaban J connectivity index is 2.44. The van der Waals surface area contributed by atoms with Crippen LogP contribution in [0.3, 0.4) is 0 Å². The molecule has 1 rings (SSSR count). The molecule has 0 bridgehead atoms. The van der Waals surface area contributed by atoms with Crippen LogP contribution in [0.15, 0.2) is 0 Å². The second-order valence-corrected chi connectivity index (χ2v) is 5.99. The first-order valence-corrected chi connectivity index (χ1v) is 7.10. The van der Waals surface area contributed by atoms with E-state index in [9.17, 15) is 4.79 Å². The molecule has 3 nitrogen and oxygen atoms in total. The van der Waals surface area contributed by atoms with Gasteiger partial charge in [0.25, 0.3) is 0 Å². The topological polar surface area (TPSA) is 23.6 Å². The predicted molar refractivity (Wildman–Crippen MR) is 70.9 cm³/mol. The summed E-state index contributed by atoms with van der Waals surface area (Å²) in [5, 5.41) is 1.02. The number of nitrogens with zero attached hydrogens (tertiary/aromatic N) is 2. The molecule has 1 aliphatic rings. The van der Waals surface area contributed by atoms with E-state index in [1.165, 1.54) is 0 Å². The summed E-state index contributed by atoms with van der Waals surface area (Å²) in [5.41, 5.74) is 0.311. The molecule has 0 atom stereocenters. The minimum atomic E-state index is 0.210.